The van der Waals surface area contributed by atoms with Crippen molar-refractivity contribution in [3.8, 4) is 0 Å². The Labute approximate surface area is 95.3 Å². The summed E-state index contributed by atoms with van der Waals surface area (Å²) in [6.07, 6.45) is 1.53. The SMILES string of the molecule is c1ccc(CO[C@@H]2CO[C@@H]3CCO[C@@H]32)cc1. The van der Waals surface area contributed by atoms with E-state index >= 15 is 0 Å². The van der Waals surface area contributed by atoms with Crippen LogP contribution in [-0.4, -0.2) is 31.5 Å². The van der Waals surface area contributed by atoms with E-state index in [2.05, 4.69) is 12.1 Å². The van der Waals surface area contributed by atoms with Gasteiger partial charge in [-0.15, -0.1) is 0 Å². The topological polar surface area (TPSA) is 27.7 Å². The molecule has 2 saturated heterocycles. The molecule has 0 unspecified atom stereocenters. The van der Waals surface area contributed by atoms with Gasteiger partial charge >= 0.3 is 0 Å². The summed E-state index contributed by atoms with van der Waals surface area (Å²) in [6.45, 7) is 2.12. The second-order valence-electron chi connectivity index (χ2n) is 4.33. The van der Waals surface area contributed by atoms with E-state index in [9.17, 15) is 0 Å². The van der Waals surface area contributed by atoms with Crippen LogP contribution in [0.5, 0.6) is 0 Å². The van der Waals surface area contributed by atoms with Gasteiger partial charge in [0.05, 0.1) is 19.3 Å². The van der Waals surface area contributed by atoms with Crippen LogP contribution in [0.4, 0.5) is 0 Å². The first-order valence-electron chi connectivity index (χ1n) is 5.82. The van der Waals surface area contributed by atoms with E-state index in [-0.39, 0.29) is 18.3 Å². The second kappa shape index (κ2) is 4.53. The molecule has 3 rings (SSSR count). The monoisotopic (exact) mass is 220 g/mol. The Morgan fingerprint density at radius 2 is 2.06 bits per heavy atom. The third kappa shape index (κ3) is 1.98. The predicted octanol–water partition coefficient (Wildman–Crippen LogP) is 1.76. The van der Waals surface area contributed by atoms with E-state index in [0.717, 1.165) is 13.0 Å². The molecule has 3 nitrogen and oxygen atoms in total. The Kier molecular flexibility index (Phi) is 2.91. The van der Waals surface area contributed by atoms with Gasteiger partial charge in [-0.05, 0) is 12.0 Å². The first-order chi connectivity index (χ1) is 7.93. The number of fused-ring (bicyclic) bond motifs is 1. The van der Waals surface area contributed by atoms with Crippen LogP contribution < -0.4 is 0 Å². The van der Waals surface area contributed by atoms with E-state index in [0.29, 0.717) is 13.2 Å². The Bertz CT molecular complexity index is 338. The van der Waals surface area contributed by atoms with Crippen LogP contribution in [0.25, 0.3) is 0 Å². The molecule has 0 aliphatic carbocycles. The van der Waals surface area contributed by atoms with Crippen LogP contribution in [0.1, 0.15) is 12.0 Å². The minimum Gasteiger partial charge on any atom is -0.373 e. The first-order valence-corrected chi connectivity index (χ1v) is 5.82. The predicted molar refractivity (Wildman–Crippen MR) is 59.1 cm³/mol. The molecule has 86 valence electrons. The Hall–Kier alpha value is -0.900. The van der Waals surface area contributed by atoms with Gasteiger partial charge in [-0.2, -0.15) is 0 Å². The fraction of sp³-hybridized carbons (Fsp3) is 0.538. The lowest BCUT2D eigenvalue weighted by Crippen LogP contribution is -2.29. The molecular formula is C13H16O3. The van der Waals surface area contributed by atoms with E-state index in [1.807, 2.05) is 18.2 Å². The van der Waals surface area contributed by atoms with Crippen LogP contribution in [-0.2, 0) is 20.8 Å². The number of hydrogen-bond acceptors (Lipinski definition) is 3. The highest BCUT2D eigenvalue weighted by atomic mass is 16.6. The average molecular weight is 220 g/mol. The molecule has 2 heterocycles. The molecule has 2 aliphatic rings. The largest absolute Gasteiger partial charge is 0.373 e. The van der Waals surface area contributed by atoms with Crippen LogP contribution in [0, 0.1) is 0 Å². The highest BCUT2D eigenvalue weighted by Crippen LogP contribution is 2.28. The van der Waals surface area contributed by atoms with Crippen molar-refractivity contribution in [2.24, 2.45) is 0 Å². The molecule has 0 amide bonds. The van der Waals surface area contributed by atoms with Gasteiger partial charge in [0.2, 0.25) is 0 Å². The van der Waals surface area contributed by atoms with Crippen molar-refractivity contribution in [2.45, 2.75) is 31.3 Å². The zero-order valence-corrected chi connectivity index (χ0v) is 9.17. The molecule has 1 aromatic carbocycles. The lowest BCUT2D eigenvalue weighted by Gasteiger charge is -2.16. The molecule has 0 aromatic heterocycles. The fourth-order valence-corrected chi connectivity index (χ4v) is 2.35. The van der Waals surface area contributed by atoms with Crippen molar-refractivity contribution < 1.29 is 14.2 Å². The zero-order chi connectivity index (χ0) is 10.8. The van der Waals surface area contributed by atoms with Crippen molar-refractivity contribution in [1.29, 1.82) is 0 Å². The van der Waals surface area contributed by atoms with E-state index in [1.54, 1.807) is 0 Å². The van der Waals surface area contributed by atoms with Crippen molar-refractivity contribution in [3.05, 3.63) is 35.9 Å². The summed E-state index contributed by atoms with van der Waals surface area (Å²) < 4.78 is 17.1. The zero-order valence-electron chi connectivity index (χ0n) is 9.17. The summed E-state index contributed by atoms with van der Waals surface area (Å²) in [5.41, 5.74) is 1.20. The van der Waals surface area contributed by atoms with E-state index < -0.39 is 0 Å². The van der Waals surface area contributed by atoms with Crippen LogP contribution in [0.15, 0.2) is 30.3 Å². The van der Waals surface area contributed by atoms with E-state index in [4.69, 9.17) is 14.2 Å². The van der Waals surface area contributed by atoms with Crippen LogP contribution in [0.2, 0.25) is 0 Å². The molecule has 3 atom stereocenters. The molecule has 0 N–H and O–H groups in total. The Balaban J connectivity index is 1.56. The first kappa shape index (κ1) is 10.3. The van der Waals surface area contributed by atoms with Gasteiger partial charge in [-0.3, -0.25) is 0 Å². The third-order valence-electron chi connectivity index (χ3n) is 3.23. The van der Waals surface area contributed by atoms with Gasteiger partial charge in [0.25, 0.3) is 0 Å². The van der Waals surface area contributed by atoms with Gasteiger partial charge in [-0.25, -0.2) is 0 Å². The quantitative estimate of drug-likeness (QED) is 0.777. The number of rotatable bonds is 3. The Morgan fingerprint density at radius 1 is 1.19 bits per heavy atom. The average Bonchev–Trinajstić information content (AvgIpc) is 2.90. The number of hydrogen-bond donors (Lipinski definition) is 0. The molecule has 16 heavy (non-hydrogen) atoms. The van der Waals surface area contributed by atoms with Crippen LogP contribution >= 0.6 is 0 Å². The number of benzene rings is 1. The van der Waals surface area contributed by atoms with Crippen molar-refractivity contribution >= 4 is 0 Å². The molecular weight excluding hydrogens is 204 g/mol. The van der Waals surface area contributed by atoms with Gasteiger partial charge in [0, 0.05) is 6.61 Å². The summed E-state index contributed by atoms with van der Waals surface area (Å²) in [7, 11) is 0. The molecule has 1 aromatic rings. The summed E-state index contributed by atoms with van der Waals surface area (Å²) >= 11 is 0. The van der Waals surface area contributed by atoms with Crippen molar-refractivity contribution in [2.75, 3.05) is 13.2 Å². The maximum absolute atomic E-state index is 5.85. The third-order valence-corrected chi connectivity index (χ3v) is 3.23. The van der Waals surface area contributed by atoms with Gasteiger partial charge in [0.15, 0.2) is 0 Å². The van der Waals surface area contributed by atoms with Crippen molar-refractivity contribution in [1.82, 2.24) is 0 Å². The summed E-state index contributed by atoms with van der Waals surface area (Å²) in [5.74, 6) is 0. The smallest absolute Gasteiger partial charge is 0.112 e. The summed E-state index contributed by atoms with van der Waals surface area (Å²) in [6, 6.07) is 10.2. The fourth-order valence-electron chi connectivity index (χ4n) is 2.35. The lowest BCUT2D eigenvalue weighted by molar-refractivity contribution is -0.0385. The minimum atomic E-state index is 0.104. The van der Waals surface area contributed by atoms with Gasteiger partial charge < -0.3 is 14.2 Å². The summed E-state index contributed by atoms with van der Waals surface area (Å²) in [4.78, 5) is 0. The molecule has 3 heteroatoms. The maximum atomic E-state index is 5.85. The Morgan fingerprint density at radius 3 is 2.94 bits per heavy atom. The normalized spacial score (nSPS) is 32.9. The molecule has 2 aliphatic heterocycles. The minimum absolute atomic E-state index is 0.104. The molecule has 0 bridgehead atoms. The molecule has 2 fully saturated rings. The van der Waals surface area contributed by atoms with Crippen molar-refractivity contribution in [3.63, 3.8) is 0 Å². The summed E-state index contributed by atoms with van der Waals surface area (Å²) in [5, 5.41) is 0. The number of ether oxygens (including phenoxy) is 3. The highest BCUT2D eigenvalue weighted by Gasteiger charge is 2.42. The molecule has 0 saturated carbocycles. The van der Waals surface area contributed by atoms with E-state index in [1.165, 1.54) is 5.56 Å². The van der Waals surface area contributed by atoms with Crippen LogP contribution in [0.3, 0.4) is 0 Å². The van der Waals surface area contributed by atoms with Gasteiger partial charge in [0.1, 0.15) is 12.2 Å². The van der Waals surface area contributed by atoms with Gasteiger partial charge in [-0.1, -0.05) is 30.3 Å². The second-order valence-corrected chi connectivity index (χ2v) is 4.33. The molecule has 0 spiro atoms. The lowest BCUT2D eigenvalue weighted by atomic mass is 10.1. The molecule has 0 radical (unpaired) electrons. The highest BCUT2D eigenvalue weighted by molar-refractivity contribution is 5.13. The standard InChI is InChI=1S/C13H16O3/c1-2-4-10(5-3-1)8-15-12-9-16-11-6-7-14-13(11)12/h1-5,11-13H,6-9H2/t11-,12-,13+/m1/s1. The maximum Gasteiger partial charge on any atom is 0.112 e.